The van der Waals surface area contributed by atoms with Crippen molar-refractivity contribution in [3.8, 4) is 0 Å². The SMILES string of the molecule is Cc1cc([C@H](c2ccc(Cl)s2)N2CCNCC2)ccc1F. The molecule has 0 aliphatic carbocycles. The molecule has 1 fully saturated rings. The molecule has 112 valence electrons. The molecule has 0 spiro atoms. The van der Waals surface area contributed by atoms with Gasteiger partial charge in [0.2, 0.25) is 0 Å². The second-order valence-electron chi connectivity index (χ2n) is 5.34. The molecule has 0 saturated carbocycles. The Morgan fingerprint density at radius 1 is 1.24 bits per heavy atom. The lowest BCUT2D eigenvalue weighted by atomic mass is 10.0. The Hall–Kier alpha value is -0.940. The minimum absolute atomic E-state index is 0.151. The van der Waals surface area contributed by atoms with E-state index in [4.69, 9.17) is 11.6 Å². The summed E-state index contributed by atoms with van der Waals surface area (Å²) in [5, 5.41) is 3.37. The molecule has 0 unspecified atom stereocenters. The minimum atomic E-state index is -0.151. The Morgan fingerprint density at radius 3 is 2.62 bits per heavy atom. The summed E-state index contributed by atoms with van der Waals surface area (Å²) in [5.41, 5.74) is 1.82. The molecule has 2 nitrogen and oxygen atoms in total. The number of rotatable bonds is 3. The highest BCUT2D eigenvalue weighted by Gasteiger charge is 2.25. The van der Waals surface area contributed by atoms with Crippen LogP contribution in [-0.2, 0) is 0 Å². The van der Waals surface area contributed by atoms with Crippen molar-refractivity contribution in [3.05, 3.63) is 56.5 Å². The smallest absolute Gasteiger partial charge is 0.126 e. The zero-order chi connectivity index (χ0) is 14.8. The monoisotopic (exact) mass is 324 g/mol. The van der Waals surface area contributed by atoms with Gasteiger partial charge in [0.05, 0.1) is 10.4 Å². The van der Waals surface area contributed by atoms with E-state index in [0.29, 0.717) is 5.56 Å². The summed E-state index contributed by atoms with van der Waals surface area (Å²) >= 11 is 7.72. The van der Waals surface area contributed by atoms with E-state index < -0.39 is 0 Å². The molecular weight excluding hydrogens is 307 g/mol. The molecule has 0 radical (unpaired) electrons. The van der Waals surface area contributed by atoms with E-state index in [1.807, 2.05) is 25.1 Å². The molecular formula is C16H18ClFN2S. The topological polar surface area (TPSA) is 15.3 Å². The maximum absolute atomic E-state index is 13.6. The van der Waals surface area contributed by atoms with E-state index in [2.05, 4.69) is 16.3 Å². The fourth-order valence-corrected chi connectivity index (χ4v) is 4.03. The molecule has 2 heterocycles. The van der Waals surface area contributed by atoms with Crippen LogP contribution in [0.2, 0.25) is 4.34 Å². The number of thiophene rings is 1. The number of nitrogens with zero attached hydrogens (tertiary/aromatic N) is 1. The first-order valence-electron chi connectivity index (χ1n) is 7.11. The Bertz CT molecular complexity index is 622. The first-order valence-corrected chi connectivity index (χ1v) is 8.30. The van der Waals surface area contributed by atoms with E-state index in [0.717, 1.165) is 36.1 Å². The van der Waals surface area contributed by atoms with Crippen molar-refractivity contribution in [1.82, 2.24) is 10.2 Å². The van der Waals surface area contributed by atoms with Crippen molar-refractivity contribution in [2.24, 2.45) is 0 Å². The predicted molar refractivity (Wildman–Crippen MR) is 86.8 cm³/mol. The van der Waals surface area contributed by atoms with Crippen molar-refractivity contribution in [1.29, 1.82) is 0 Å². The van der Waals surface area contributed by atoms with E-state index in [-0.39, 0.29) is 11.9 Å². The van der Waals surface area contributed by atoms with Gasteiger partial charge in [0.1, 0.15) is 5.82 Å². The number of aryl methyl sites for hydroxylation is 1. The summed E-state index contributed by atoms with van der Waals surface area (Å²) in [6.07, 6.45) is 0. The molecule has 1 aliphatic rings. The molecule has 5 heteroatoms. The quantitative estimate of drug-likeness (QED) is 0.922. The Morgan fingerprint density at radius 2 is 2.00 bits per heavy atom. The number of benzene rings is 1. The van der Waals surface area contributed by atoms with Crippen molar-refractivity contribution in [3.63, 3.8) is 0 Å². The summed E-state index contributed by atoms with van der Waals surface area (Å²) in [6.45, 7) is 5.74. The van der Waals surface area contributed by atoms with Crippen molar-refractivity contribution < 1.29 is 4.39 Å². The van der Waals surface area contributed by atoms with Gasteiger partial charge in [-0.25, -0.2) is 4.39 Å². The molecule has 1 aliphatic heterocycles. The molecule has 1 saturated heterocycles. The molecule has 2 aromatic rings. The van der Waals surface area contributed by atoms with Gasteiger partial charge < -0.3 is 5.32 Å². The number of hydrogen-bond donors (Lipinski definition) is 1. The van der Waals surface area contributed by atoms with E-state index in [1.165, 1.54) is 4.88 Å². The van der Waals surface area contributed by atoms with Gasteiger partial charge in [0.25, 0.3) is 0 Å². The number of halogens is 2. The highest BCUT2D eigenvalue weighted by Crippen LogP contribution is 2.35. The highest BCUT2D eigenvalue weighted by molar-refractivity contribution is 7.16. The molecule has 0 bridgehead atoms. The van der Waals surface area contributed by atoms with Crippen molar-refractivity contribution >= 4 is 22.9 Å². The third-order valence-corrected chi connectivity index (χ3v) is 5.16. The van der Waals surface area contributed by atoms with Gasteiger partial charge in [-0.2, -0.15) is 0 Å². The van der Waals surface area contributed by atoms with Crippen LogP contribution in [0.3, 0.4) is 0 Å². The summed E-state index contributed by atoms with van der Waals surface area (Å²) in [7, 11) is 0. The van der Waals surface area contributed by atoms with Gasteiger partial charge in [-0.15, -0.1) is 11.3 Å². The largest absolute Gasteiger partial charge is 0.314 e. The number of piperazine rings is 1. The van der Waals surface area contributed by atoms with Crippen LogP contribution < -0.4 is 5.32 Å². The number of hydrogen-bond acceptors (Lipinski definition) is 3. The maximum atomic E-state index is 13.6. The van der Waals surface area contributed by atoms with Crippen LogP contribution in [0.4, 0.5) is 4.39 Å². The lowest BCUT2D eigenvalue weighted by Crippen LogP contribution is -2.45. The van der Waals surface area contributed by atoms with Gasteiger partial charge >= 0.3 is 0 Å². The molecule has 1 N–H and O–H groups in total. The second-order valence-corrected chi connectivity index (χ2v) is 7.09. The van der Waals surface area contributed by atoms with Crippen LogP contribution in [0, 0.1) is 12.7 Å². The standard InChI is InChI=1S/C16H18ClFN2S/c1-11-10-12(2-3-13(11)18)16(14-4-5-15(17)21-14)20-8-6-19-7-9-20/h2-5,10,16,19H,6-9H2,1H3/t16-/m1/s1. The molecule has 21 heavy (non-hydrogen) atoms. The average Bonchev–Trinajstić information content (AvgIpc) is 2.90. The Kier molecular flexibility index (Phi) is 4.60. The average molecular weight is 325 g/mol. The van der Waals surface area contributed by atoms with Crippen molar-refractivity contribution in [2.75, 3.05) is 26.2 Å². The summed E-state index contributed by atoms with van der Waals surface area (Å²) in [5.74, 6) is -0.151. The lowest BCUT2D eigenvalue weighted by Gasteiger charge is -2.35. The molecule has 1 aromatic carbocycles. The third kappa shape index (κ3) is 3.29. The fraction of sp³-hybridized carbons (Fsp3) is 0.375. The fourth-order valence-electron chi connectivity index (χ4n) is 2.81. The van der Waals surface area contributed by atoms with Crippen LogP contribution in [-0.4, -0.2) is 31.1 Å². The predicted octanol–water partition coefficient (Wildman–Crippen LogP) is 3.84. The first kappa shape index (κ1) is 15.0. The first-order chi connectivity index (χ1) is 10.1. The van der Waals surface area contributed by atoms with E-state index >= 15 is 0 Å². The summed E-state index contributed by atoms with van der Waals surface area (Å²) < 4.78 is 14.4. The van der Waals surface area contributed by atoms with Crippen LogP contribution in [0.5, 0.6) is 0 Å². The minimum Gasteiger partial charge on any atom is -0.314 e. The normalized spacial score (nSPS) is 17.9. The van der Waals surface area contributed by atoms with Gasteiger partial charge in [0, 0.05) is 31.1 Å². The Balaban J connectivity index is 2.00. The van der Waals surface area contributed by atoms with Gasteiger partial charge in [-0.3, -0.25) is 4.90 Å². The zero-order valence-corrected chi connectivity index (χ0v) is 13.5. The third-order valence-electron chi connectivity index (χ3n) is 3.88. The maximum Gasteiger partial charge on any atom is 0.126 e. The lowest BCUT2D eigenvalue weighted by molar-refractivity contribution is 0.200. The van der Waals surface area contributed by atoms with Crippen LogP contribution in [0.25, 0.3) is 0 Å². The van der Waals surface area contributed by atoms with E-state index in [1.54, 1.807) is 17.4 Å². The van der Waals surface area contributed by atoms with Crippen LogP contribution in [0.1, 0.15) is 22.0 Å². The van der Waals surface area contributed by atoms with Gasteiger partial charge in [0.15, 0.2) is 0 Å². The highest BCUT2D eigenvalue weighted by atomic mass is 35.5. The van der Waals surface area contributed by atoms with Gasteiger partial charge in [-0.1, -0.05) is 23.7 Å². The molecule has 1 aromatic heterocycles. The molecule has 1 atom stereocenters. The molecule has 3 rings (SSSR count). The van der Waals surface area contributed by atoms with E-state index in [9.17, 15) is 4.39 Å². The van der Waals surface area contributed by atoms with Crippen LogP contribution >= 0.6 is 22.9 Å². The van der Waals surface area contributed by atoms with Crippen molar-refractivity contribution in [2.45, 2.75) is 13.0 Å². The second kappa shape index (κ2) is 6.44. The summed E-state index contributed by atoms with van der Waals surface area (Å²) in [6, 6.07) is 9.59. The summed E-state index contributed by atoms with van der Waals surface area (Å²) in [4.78, 5) is 3.65. The van der Waals surface area contributed by atoms with Gasteiger partial charge in [-0.05, 0) is 36.2 Å². The molecule has 0 amide bonds. The zero-order valence-electron chi connectivity index (χ0n) is 11.9. The van der Waals surface area contributed by atoms with Crippen LogP contribution in [0.15, 0.2) is 30.3 Å². The Labute approximate surface area is 133 Å². The number of nitrogens with one attached hydrogen (secondary N) is 1.